The second-order valence-electron chi connectivity index (χ2n) is 5.99. The van der Waals surface area contributed by atoms with Crippen LogP contribution in [0.25, 0.3) is 0 Å². The van der Waals surface area contributed by atoms with Crippen LogP contribution in [0.2, 0.25) is 0 Å². The van der Waals surface area contributed by atoms with Gasteiger partial charge in [-0.15, -0.1) is 0 Å². The Bertz CT molecular complexity index is 452. The van der Waals surface area contributed by atoms with Gasteiger partial charge in [0.15, 0.2) is 0 Å². The number of hydrogen-bond donors (Lipinski definition) is 1. The van der Waals surface area contributed by atoms with Crippen LogP contribution in [0, 0.1) is 5.41 Å². The zero-order chi connectivity index (χ0) is 13.3. The van der Waals surface area contributed by atoms with Crippen LogP contribution in [0.15, 0.2) is 24.3 Å². The molecule has 102 valence electrons. The summed E-state index contributed by atoms with van der Waals surface area (Å²) in [5.41, 5.74) is 2.49. The maximum Gasteiger partial charge on any atom is 0.253 e. The SMILES string of the molecule is CCc1ccc(C(=O)N2CC3(CCCNC3)C2)cc1. The van der Waals surface area contributed by atoms with E-state index in [2.05, 4.69) is 24.4 Å². The molecule has 3 heteroatoms. The third-order valence-corrected chi connectivity index (χ3v) is 4.51. The summed E-state index contributed by atoms with van der Waals surface area (Å²) < 4.78 is 0. The number of hydrogen-bond acceptors (Lipinski definition) is 2. The van der Waals surface area contributed by atoms with E-state index in [-0.39, 0.29) is 5.91 Å². The van der Waals surface area contributed by atoms with Crippen molar-refractivity contribution < 1.29 is 4.79 Å². The lowest BCUT2D eigenvalue weighted by atomic mass is 9.74. The van der Waals surface area contributed by atoms with Gasteiger partial charge in [0.25, 0.3) is 5.91 Å². The normalized spacial score (nSPS) is 21.2. The van der Waals surface area contributed by atoms with Crippen LogP contribution in [-0.2, 0) is 6.42 Å². The molecule has 2 fully saturated rings. The molecule has 1 amide bonds. The Labute approximate surface area is 115 Å². The number of amides is 1. The van der Waals surface area contributed by atoms with E-state index in [1.165, 1.54) is 18.4 Å². The summed E-state index contributed by atoms with van der Waals surface area (Å²) in [6.45, 7) is 6.19. The van der Waals surface area contributed by atoms with Gasteiger partial charge < -0.3 is 10.2 Å². The first-order valence-corrected chi connectivity index (χ1v) is 7.31. The summed E-state index contributed by atoms with van der Waals surface area (Å²) in [5, 5.41) is 3.45. The quantitative estimate of drug-likeness (QED) is 0.881. The molecule has 1 aromatic carbocycles. The lowest BCUT2D eigenvalue weighted by molar-refractivity contribution is -0.00722. The Kier molecular flexibility index (Phi) is 3.31. The molecule has 19 heavy (non-hydrogen) atoms. The fourth-order valence-electron chi connectivity index (χ4n) is 3.27. The number of nitrogens with one attached hydrogen (secondary N) is 1. The topological polar surface area (TPSA) is 32.3 Å². The number of carbonyl (C=O) groups is 1. The van der Waals surface area contributed by atoms with Crippen LogP contribution < -0.4 is 5.32 Å². The summed E-state index contributed by atoms with van der Waals surface area (Å²) in [6.07, 6.45) is 3.53. The maximum absolute atomic E-state index is 12.4. The zero-order valence-electron chi connectivity index (χ0n) is 11.6. The van der Waals surface area contributed by atoms with Crippen LogP contribution in [0.4, 0.5) is 0 Å². The van der Waals surface area contributed by atoms with Gasteiger partial charge in [-0.05, 0) is 43.5 Å². The molecule has 2 aliphatic heterocycles. The molecule has 3 rings (SSSR count). The van der Waals surface area contributed by atoms with Gasteiger partial charge in [0.2, 0.25) is 0 Å². The number of aryl methyl sites for hydroxylation is 1. The largest absolute Gasteiger partial charge is 0.337 e. The first-order valence-electron chi connectivity index (χ1n) is 7.31. The van der Waals surface area contributed by atoms with E-state index < -0.39 is 0 Å². The minimum atomic E-state index is 0.193. The third kappa shape index (κ3) is 2.39. The molecule has 0 radical (unpaired) electrons. The van der Waals surface area contributed by atoms with Crippen molar-refractivity contribution >= 4 is 5.91 Å². The molecule has 0 atom stereocenters. The van der Waals surface area contributed by atoms with E-state index in [4.69, 9.17) is 0 Å². The minimum absolute atomic E-state index is 0.193. The van der Waals surface area contributed by atoms with Crippen molar-refractivity contribution in [3.05, 3.63) is 35.4 Å². The van der Waals surface area contributed by atoms with Gasteiger partial charge in [0.05, 0.1) is 0 Å². The van der Waals surface area contributed by atoms with Crippen LogP contribution in [0.1, 0.15) is 35.7 Å². The lowest BCUT2D eigenvalue weighted by Gasteiger charge is -2.52. The third-order valence-electron chi connectivity index (χ3n) is 4.51. The van der Waals surface area contributed by atoms with E-state index in [1.54, 1.807) is 0 Å². The first kappa shape index (κ1) is 12.7. The monoisotopic (exact) mass is 258 g/mol. The smallest absolute Gasteiger partial charge is 0.253 e. The van der Waals surface area contributed by atoms with Gasteiger partial charge in [0.1, 0.15) is 0 Å². The highest BCUT2D eigenvalue weighted by molar-refractivity contribution is 5.94. The number of benzene rings is 1. The molecule has 1 N–H and O–H groups in total. The number of carbonyl (C=O) groups excluding carboxylic acids is 1. The van der Waals surface area contributed by atoms with Crippen LogP contribution >= 0.6 is 0 Å². The van der Waals surface area contributed by atoms with Gasteiger partial charge in [-0.1, -0.05) is 19.1 Å². The van der Waals surface area contributed by atoms with E-state index in [0.717, 1.165) is 38.2 Å². The predicted octanol–water partition coefficient (Wildman–Crippen LogP) is 2.07. The average Bonchev–Trinajstić information content (AvgIpc) is 2.45. The highest BCUT2D eigenvalue weighted by Gasteiger charge is 2.45. The summed E-state index contributed by atoms with van der Waals surface area (Å²) >= 11 is 0. The molecular formula is C16H22N2O. The van der Waals surface area contributed by atoms with Gasteiger partial charge in [-0.2, -0.15) is 0 Å². The highest BCUT2D eigenvalue weighted by Crippen LogP contribution is 2.37. The standard InChI is InChI=1S/C16H22N2O/c1-2-13-4-6-14(7-5-13)15(19)18-11-16(12-18)8-3-9-17-10-16/h4-7,17H,2-3,8-12H2,1H3. The molecule has 3 nitrogen and oxygen atoms in total. The van der Waals surface area contributed by atoms with Gasteiger partial charge in [-0.25, -0.2) is 0 Å². The van der Waals surface area contributed by atoms with Crippen LogP contribution in [0.3, 0.4) is 0 Å². The highest BCUT2D eigenvalue weighted by atomic mass is 16.2. The Hall–Kier alpha value is -1.35. The van der Waals surface area contributed by atoms with Crippen molar-refractivity contribution in [1.29, 1.82) is 0 Å². The molecule has 2 saturated heterocycles. The Morgan fingerprint density at radius 1 is 1.32 bits per heavy atom. The van der Waals surface area contributed by atoms with Crippen molar-refractivity contribution in [3.63, 3.8) is 0 Å². The number of rotatable bonds is 2. The van der Waals surface area contributed by atoms with E-state index in [1.807, 2.05) is 17.0 Å². The van der Waals surface area contributed by atoms with E-state index in [9.17, 15) is 4.79 Å². The number of piperidine rings is 1. The fraction of sp³-hybridized carbons (Fsp3) is 0.562. The minimum Gasteiger partial charge on any atom is -0.337 e. The second-order valence-corrected chi connectivity index (χ2v) is 5.99. The van der Waals surface area contributed by atoms with Crippen LogP contribution in [-0.4, -0.2) is 37.0 Å². The summed E-state index contributed by atoms with van der Waals surface area (Å²) in [5.74, 6) is 0.193. The molecular weight excluding hydrogens is 236 g/mol. The van der Waals surface area contributed by atoms with Gasteiger partial charge in [-0.3, -0.25) is 4.79 Å². The molecule has 0 aliphatic carbocycles. The Morgan fingerprint density at radius 2 is 2.05 bits per heavy atom. The molecule has 2 heterocycles. The average molecular weight is 258 g/mol. The molecule has 1 spiro atoms. The summed E-state index contributed by atoms with van der Waals surface area (Å²) in [6, 6.07) is 8.05. The Morgan fingerprint density at radius 3 is 2.63 bits per heavy atom. The molecule has 0 aromatic heterocycles. The van der Waals surface area contributed by atoms with E-state index in [0.29, 0.717) is 5.41 Å². The predicted molar refractivity (Wildman–Crippen MR) is 76.3 cm³/mol. The van der Waals surface area contributed by atoms with Gasteiger partial charge >= 0.3 is 0 Å². The molecule has 0 unspecified atom stereocenters. The Balaban J connectivity index is 1.62. The van der Waals surface area contributed by atoms with Crippen molar-refractivity contribution in [3.8, 4) is 0 Å². The number of nitrogens with zero attached hydrogens (tertiary/aromatic N) is 1. The van der Waals surface area contributed by atoms with E-state index >= 15 is 0 Å². The second kappa shape index (κ2) is 4.97. The first-order chi connectivity index (χ1) is 9.22. The van der Waals surface area contributed by atoms with Crippen molar-refractivity contribution in [1.82, 2.24) is 10.2 Å². The molecule has 2 aliphatic rings. The summed E-state index contributed by atoms with van der Waals surface area (Å²) in [7, 11) is 0. The van der Waals surface area contributed by atoms with Crippen LogP contribution in [0.5, 0.6) is 0 Å². The zero-order valence-corrected chi connectivity index (χ0v) is 11.6. The number of likely N-dealkylation sites (tertiary alicyclic amines) is 1. The van der Waals surface area contributed by atoms with Crippen molar-refractivity contribution in [2.75, 3.05) is 26.2 Å². The maximum atomic E-state index is 12.4. The lowest BCUT2D eigenvalue weighted by Crippen LogP contribution is -2.63. The summed E-state index contributed by atoms with van der Waals surface area (Å²) in [4.78, 5) is 14.4. The van der Waals surface area contributed by atoms with Crippen molar-refractivity contribution in [2.24, 2.45) is 5.41 Å². The molecule has 0 saturated carbocycles. The molecule has 0 bridgehead atoms. The molecule has 1 aromatic rings. The fourth-order valence-corrected chi connectivity index (χ4v) is 3.27. The van der Waals surface area contributed by atoms with Gasteiger partial charge in [0, 0.05) is 30.6 Å². The van der Waals surface area contributed by atoms with Crippen molar-refractivity contribution in [2.45, 2.75) is 26.2 Å².